The third-order valence-corrected chi connectivity index (χ3v) is 5.42. The molecule has 0 spiro atoms. The fraction of sp³-hybridized carbons (Fsp3) is 0.150. The molecule has 2 heterocycles. The maximum absolute atomic E-state index is 12.9. The summed E-state index contributed by atoms with van der Waals surface area (Å²) in [6.45, 7) is 1.74. The highest BCUT2D eigenvalue weighted by Gasteiger charge is 2.27. The van der Waals surface area contributed by atoms with Gasteiger partial charge in [0.2, 0.25) is 0 Å². The normalized spacial score (nSPS) is 13.4. The van der Waals surface area contributed by atoms with Crippen LogP contribution in [0.1, 0.15) is 21.6 Å². The van der Waals surface area contributed by atoms with Crippen LogP contribution in [0.3, 0.4) is 0 Å². The zero-order valence-corrected chi connectivity index (χ0v) is 16.5. The van der Waals surface area contributed by atoms with E-state index in [-0.39, 0.29) is 5.91 Å². The van der Waals surface area contributed by atoms with Crippen LogP contribution in [0, 0.1) is 11.3 Å². The van der Waals surface area contributed by atoms with Crippen molar-refractivity contribution in [2.24, 2.45) is 0 Å². The van der Waals surface area contributed by atoms with Crippen molar-refractivity contribution < 1.29 is 4.79 Å². The quantitative estimate of drug-likeness (QED) is 0.601. The molecule has 134 valence electrons. The summed E-state index contributed by atoms with van der Waals surface area (Å²) in [7, 11) is 0. The van der Waals surface area contributed by atoms with Crippen molar-refractivity contribution in [3.63, 3.8) is 0 Å². The molecule has 0 saturated carbocycles. The Kier molecular flexibility index (Phi) is 4.73. The van der Waals surface area contributed by atoms with E-state index in [2.05, 4.69) is 27.1 Å². The van der Waals surface area contributed by atoms with Gasteiger partial charge in [-0.05, 0) is 35.9 Å². The number of amides is 1. The average Bonchev–Trinajstić information content (AvgIpc) is 3.09. The first-order valence-corrected chi connectivity index (χ1v) is 9.54. The molecule has 0 unspecified atom stereocenters. The second-order valence-electron chi connectivity index (χ2n) is 6.30. The van der Waals surface area contributed by atoms with Gasteiger partial charge in [0, 0.05) is 28.1 Å². The molecular formula is C20H14BrClN4O. The van der Waals surface area contributed by atoms with Gasteiger partial charge in [0.05, 0.1) is 23.9 Å². The van der Waals surface area contributed by atoms with Crippen molar-refractivity contribution >= 4 is 33.4 Å². The van der Waals surface area contributed by atoms with Crippen molar-refractivity contribution in [2.75, 3.05) is 6.54 Å². The minimum absolute atomic E-state index is 0.0468. The summed E-state index contributed by atoms with van der Waals surface area (Å²) in [5, 5.41) is 14.1. The Hall–Kier alpha value is -2.62. The molecule has 0 N–H and O–H groups in total. The number of rotatable bonds is 3. The number of carbonyl (C=O) groups is 1. The van der Waals surface area contributed by atoms with E-state index < -0.39 is 0 Å². The highest BCUT2D eigenvalue weighted by molar-refractivity contribution is 9.10. The SMILES string of the molecule is N#Cc1ccc(CN2CCn3nc(-c4ccc(Cl)cc4Br)cc3C2=O)cc1. The van der Waals surface area contributed by atoms with Gasteiger partial charge in [0.15, 0.2) is 0 Å². The molecule has 0 bridgehead atoms. The number of benzene rings is 2. The van der Waals surface area contributed by atoms with Crippen molar-refractivity contribution in [2.45, 2.75) is 13.1 Å². The molecule has 0 fully saturated rings. The maximum atomic E-state index is 12.9. The lowest BCUT2D eigenvalue weighted by molar-refractivity contribution is 0.0683. The van der Waals surface area contributed by atoms with Gasteiger partial charge < -0.3 is 4.90 Å². The molecule has 0 saturated heterocycles. The summed E-state index contributed by atoms with van der Waals surface area (Å²) >= 11 is 9.52. The number of hydrogen-bond acceptors (Lipinski definition) is 3. The van der Waals surface area contributed by atoms with Crippen molar-refractivity contribution in [1.29, 1.82) is 5.26 Å². The summed E-state index contributed by atoms with van der Waals surface area (Å²) in [5.74, 6) is -0.0468. The van der Waals surface area contributed by atoms with Crippen molar-refractivity contribution in [3.05, 3.63) is 74.8 Å². The highest BCUT2D eigenvalue weighted by Crippen LogP contribution is 2.31. The summed E-state index contributed by atoms with van der Waals surface area (Å²) in [5.41, 5.74) is 3.82. The summed E-state index contributed by atoms with van der Waals surface area (Å²) in [6.07, 6.45) is 0. The Labute approximate surface area is 169 Å². The van der Waals surface area contributed by atoms with Crippen LogP contribution in [0.4, 0.5) is 0 Å². The van der Waals surface area contributed by atoms with Gasteiger partial charge in [-0.3, -0.25) is 9.48 Å². The Morgan fingerprint density at radius 2 is 1.93 bits per heavy atom. The molecule has 0 aliphatic carbocycles. The molecule has 27 heavy (non-hydrogen) atoms. The Balaban J connectivity index is 1.59. The van der Waals surface area contributed by atoms with Gasteiger partial charge in [0.1, 0.15) is 5.69 Å². The third kappa shape index (κ3) is 3.48. The van der Waals surface area contributed by atoms with Crippen LogP contribution < -0.4 is 0 Å². The monoisotopic (exact) mass is 440 g/mol. The van der Waals surface area contributed by atoms with Crippen LogP contribution in [-0.4, -0.2) is 27.1 Å². The lowest BCUT2D eigenvalue weighted by atomic mass is 10.1. The molecule has 0 radical (unpaired) electrons. The predicted molar refractivity (Wildman–Crippen MR) is 106 cm³/mol. The van der Waals surface area contributed by atoms with Crippen LogP contribution in [0.2, 0.25) is 5.02 Å². The first kappa shape index (κ1) is 17.8. The van der Waals surface area contributed by atoms with Crippen molar-refractivity contribution in [3.8, 4) is 17.3 Å². The number of halogens is 2. The smallest absolute Gasteiger partial charge is 0.272 e. The topological polar surface area (TPSA) is 61.9 Å². The zero-order chi connectivity index (χ0) is 19.0. The fourth-order valence-electron chi connectivity index (χ4n) is 3.12. The summed E-state index contributed by atoms with van der Waals surface area (Å²) in [4.78, 5) is 14.7. The molecule has 0 atom stereocenters. The minimum atomic E-state index is -0.0468. The number of aromatic nitrogens is 2. The molecule has 7 heteroatoms. The Bertz CT molecular complexity index is 1070. The molecule has 1 aliphatic rings. The number of nitrogens with zero attached hydrogens (tertiary/aromatic N) is 4. The van der Waals surface area contributed by atoms with Crippen LogP contribution in [0.15, 0.2) is 53.0 Å². The van der Waals surface area contributed by atoms with Gasteiger partial charge in [-0.15, -0.1) is 0 Å². The first-order chi connectivity index (χ1) is 13.0. The first-order valence-electron chi connectivity index (χ1n) is 8.37. The van der Waals surface area contributed by atoms with E-state index in [0.29, 0.717) is 35.9 Å². The van der Waals surface area contributed by atoms with Crippen LogP contribution in [-0.2, 0) is 13.1 Å². The molecule has 5 nitrogen and oxygen atoms in total. The van der Waals surface area contributed by atoms with E-state index >= 15 is 0 Å². The maximum Gasteiger partial charge on any atom is 0.272 e. The van der Waals surface area contributed by atoms with E-state index in [9.17, 15) is 4.79 Å². The number of fused-ring (bicyclic) bond motifs is 1. The Morgan fingerprint density at radius 3 is 2.63 bits per heavy atom. The molecule has 3 aromatic rings. The molecule has 1 amide bonds. The molecule has 1 aromatic heterocycles. The molecule has 1 aliphatic heterocycles. The predicted octanol–water partition coefficient (Wildman–Crippen LogP) is 4.49. The number of carbonyl (C=O) groups excluding carboxylic acids is 1. The summed E-state index contributed by atoms with van der Waals surface area (Å²) < 4.78 is 2.60. The van der Waals surface area contributed by atoms with Gasteiger partial charge in [-0.25, -0.2) is 0 Å². The van der Waals surface area contributed by atoms with Gasteiger partial charge >= 0.3 is 0 Å². The van der Waals surface area contributed by atoms with E-state index in [4.69, 9.17) is 16.9 Å². The summed E-state index contributed by atoms with van der Waals surface area (Å²) in [6, 6.07) is 16.7. The second kappa shape index (κ2) is 7.18. The lowest BCUT2D eigenvalue weighted by Crippen LogP contribution is -2.39. The minimum Gasteiger partial charge on any atom is -0.331 e. The second-order valence-corrected chi connectivity index (χ2v) is 7.59. The lowest BCUT2D eigenvalue weighted by Gasteiger charge is -2.27. The van der Waals surface area contributed by atoms with E-state index in [1.165, 1.54) is 0 Å². The number of hydrogen-bond donors (Lipinski definition) is 0. The largest absolute Gasteiger partial charge is 0.331 e. The Morgan fingerprint density at radius 1 is 1.15 bits per heavy atom. The third-order valence-electron chi connectivity index (χ3n) is 4.53. The van der Waals surface area contributed by atoms with E-state index in [1.807, 2.05) is 30.3 Å². The van der Waals surface area contributed by atoms with E-state index in [0.717, 1.165) is 21.3 Å². The van der Waals surface area contributed by atoms with Gasteiger partial charge in [-0.2, -0.15) is 10.4 Å². The van der Waals surface area contributed by atoms with Gasteiger partial charge in [0.25, 0.3) is 5.91 Å². The standard InChI is InChI=1S/C20H14BrClN4O/c21-17-9-15(22)5-6-16(17)18-10-19-20(27)25(7-8-26(19)24-18)12-14-3-1-13(11-23)2-4-14/h1-6,9-10H,7-8,12H2. The highest BCUT2D eigenvalue weighted by atomic mass is 79.9. The van der Waals surface area contributed by atoms with Crippen molar-refractivity contribution in [1.82, 2.24) is 14.7 Å². The molecular weight excluding hydrogens is 428 g/mol. The molecule has 2 aromatic carbocycles. The van der Waals surface area contributed by atoms with E-state index in [1.54, 1.807) is 27.8 Å². The van der Waals surface area contributed by atoms with Crippen LogP contribution >= 0.6 is 27.5 Å². The van der Waals surface area contributed by atoms with Crippen LogP contribution in [0.5, 0.6) is 0 Å². The molecule has 4 rings (SSSR count). The fourth-order valence-corrected chi connectivity index (χ4v) is 4.01. The number of nitriles is 1. The van der Waals surface area contributed by atoms with Crippen LogP contribution in [0.25, 0.3) is 11.3 Å². The average molecular weight is 442 g/mol. The van der Waals surface area contributed by atoms with Gasteiger partial charge in [-0.1, -0.05) is 45.7 Å². The zero-order valence-electron chi connectivity index (χ0n) is 14.2.